The molecule has 0 saturated carbocycles. The van der Waals surface area contributed by atoms with E-state index in [1.165, 1.54) is 0 Å². The van der Waals surface area contributed by atoms with Crippen LogP contribution in [0.25, 0.3) is 0 Å². The first kappa shape index (κ1) is 12.2. The zero-order valence-electron chi connectivity index (χ0n) is 9.93. The molecular formula is C14H14N2O2. The Morgan fingerprint density at radius 1 is 1.33 bits per heavy atom. The van der Waals surface area contributed by atoms with Gasteiger partial charge in [0.05, 0.1) is 11.6 Å². The predicted molar refractivity (Wildman–Crippen MR) is 67.0 cm³/mol. The Labute approximate surface area is 106 Å². The molecular weight excluding hydrogens is 228 g/mol. The number of carbonyl (C=O) groups is 1. The first-order valence-corrected chi connectivity index (χ1v) is 5.85. The van der Waals surface area contributed by atoms with Crippen molar-refractivity contribution in [2.24, 2.45) is 0 Å². The average Bonchev–Trinajstić information content (AvgIpc) is 2.90. The number of carbonyl (C=O) groups excluding carboxylic acids is 1. The van der Waals surface area contributed by atoms with Crippen LogP contribution in [0.2, 0.25) is 0 Å². The maximum atomic E-state index is 11.6. The van der Waals surface area contributed by atoms with Crippen molar-refractivity contribution in [1.82, 2.24) is 5.32 Å². The normalized spacial score (nSPS) is 14.2. The van der Waals surface area contributed by atoms with Gasteiger partial charge in [0.25, 0.3) is 5.91 Å². The topological polar surface area (TPSA) is 62.1 Å². The maximum Gasteiger partial charge on any atom is 0.258 e. The van der Waals surface area contributed by atoms with Gasteiger partial charge in [0.15, 0.2) is 6.61 Å². The largest absolute Gasteiger partial charge is 0.484 e. The highest BCUT2D eigenvalue weighted by Gasteiger charge is 2.13. The summed E-state index contributed by atoms with van der Waals surface area (Å²) in [4.78, 5) is 11.6. The molecule has 0 unspecified atom stereocenters. The fourth-order valence-electron chi connectivity index (χ4n) is 1.78. The predicted octanol–water partition coefficient (Wildman–Crippen LogP) is 1.77. The molecule has 1 aliphatic rings. The minimum Gasteiger partial charge on any atom is -0.484 e. The van der Waals surface area contributed by atoms with E-state index in [2.05, 4.69) is 17.5 Å². The molecule has 0 bridgehead atoms. The lowest BCUT2D eigenvalue weighted by atomic mass is 10.2. The van der Waals surface area contributed by atoms with E-state index in [1.807, 2.05) is 6.07 Å². The molecule has 4 nitrogen and oxygen atoms in total. The number of nitrogens with one attached hydrogen (secondary N) is 1. The second-order valence-corrected chi connectivity index (χ2v) is 4.13. The zero-order chi connectivity index (χ0) is 12.8. The lowest BCUT2D eigenvalue weighted by Crippen LogP contribution is -2.36. The van der Waals surface area contributed by atoms with Gasteiger partial charge in [-0.05, 0) is 37.1 Å². The number of hydrogen-bond donors (Lipinski definition) is 1. The number of hydrogen-bond acceptors (Lipinski definition) is 3. The summed E-state index contributed by atoms with van der Waals surface area (Å²) in [5, 5.41) is 11.5. The van der Waals surface area contributed by atoms with Crippen molar-refractivity contribution in [2.45, 2.75) is 18.9 Å². The van der Waals surface area contributed by atoms with Gasteiger partial charge < -0.3 is 10.1 Å². The van der Waals surface area contributed by atoms with Crippen LogP contribution >= 0.6 is 0 Å². The Balaban J connectivity index is 1.76. The lowest BCUT2D eigenvalue weighted by Gasteiger charge is -2.12. The monoisotopic (exact) mass is 242 g/mol. The molecule has 0 saturated heterocycles. The van der Waals surface area contributed by atoms with E-state index < -0.39 is 0 Å². The Kier molecular flexibility index (Phi) is 3.98. The van der Waals surface area contributed by atoms with Crippen LogP contribution < -0.4 is 10.1 Å². The highest BCUT2D eigenvalue weighted by Crippen LogP contribution is 2.12. The number of ether oxygens (including phenoxy) is 1. The van der Waals surface area contributed by atoms with Crippen molar-refractivity contribution < 1.29 is 9.53 Å². The van der Waals surface area contributed by atoms with Crippen molar-refractivity contribution in [3.8, 4) is 11.8 Å². The van der Waals surface area contributed by atoms with Crippen LogP contribution in [-0.4, -0.2) is 18.6 Å². The Morgan fingerprint density at radius 2 is 2.00 bits per heavy atom. The molecule has 1 aliphatic carbocycles. The highest BCUT2D eigenvalue weighted by atomic mass is 16.5. The van der Waals surface area contributed by atoms with E-state index in [1.54, 1.807) is 24.3 Å². The van der Waals surface area contributed by atoms with Gasteiger partial charge in [0.2, 0.25) is 0 Å². The zero-order valence-corrected chi connectivity index (χ0v) is 9.93. The lowest BCUT2D eigenvalue weighted by molar-refractivity contribution is -0.123. The van der Waals surface area contributed by atoms with Gasteiger partial charge in [-0.25, -0.2) is 0 Å². The van der Waals surface area contributed by atoms with Gasteiger partial charge in [-0.15, -0.1) is 0 Å². The molecule has 92 valence electrons. The molecule has 0 aliphatic heterocycles. The van der Waals surface area contributed by atoms with Gasteiger partial charge in [-0.1, -0.05) is 12.2 Å². The smallest absolute Gasteiger partial charge is 0.258 e. The first-order chi connectivity index (χ1) is 8.78. The fraction of sp³-hybridized carbons (Fsp3) is 0.286. The maximum absolute atomic E-state index is 11.6. The van der Waals surface area contributed by atoms with Gasteiger partial charge in [0.1, 0.15) is 5.75 Å². The van der Waals surface area contributed by atoms with Gasteiger partial charge in [0, 0.05) is 6.04 Å². The molecule has 4 heteroatoms. The summed E-state index contributed by atoms with van der Waals surface area (Å²) in [5.41, 5.74) is 0.573. The minimum atomic E-state index is -0.118. The third-order valence-corrected chi connectivity index (χ3v) is 2.73. The molecule has 0 radical (unpaired) electrons. The SMILES string of the molecule is N#Cc1ccc(OCC(=O)NC2CC=CC2)cc1. The molecule has 0 fully saturated rings. The van der Waals surface area contributed by atoms with E-state index >= 15 is 0 Å². The van der Waals surface area contributed by atoms with E-state index in [0.717, 1.165) is 12.8 Å². The summed E-state index contributed by atoms with van der Waals surface area (Å²) in [5.74, 6) is 0.474. The third-order valence-electron chi connectivity index (χ3n) is 2.73. The van der Waals surface area contributed by atoms with Gasteiger partial charge >= 0.3 is 0 Å². The number of rotatable bonds is 4. The molecule has 2 rings (SSSR count). The second-order valence-electron chi connectivity index (χ2n) is 4.13. The number of benzene rings is 1. The quantitative estimate of drug-likeness (QED) is 0.818. The summed E-state index contributed by atoms with van der Waals surface area (Å²) in [6, 6.07) is 8.92. The van der Waals surface area contributed by atoms with Crippen molar-refractivity contribution in [3.05, 3.63) is 42.0 Å². The standard InChI is InChI=1S/C14H14N2O2/c15-9-11-5-7-13(8-6-11)18-10-14(17)16-12-3-1-2-4-12/h1-2,5-8,12H,3-4,10H2,(H,16,17). The van der Waals surface area contributed by atoms with Crippen LogP contribution in [0.3, 0.4) is 0 Å². The fourth-order valence-corrected chi connectivity index (χ4v) is 1.78. The summed E-state index contributed by atoms with van der Waals surface area (Å²) < 4.78 is 5.34. The van der Waals surface area contributed by atoms with Crippen molar-refractivity contribution in [1.29, 1.82) is 5.26 Å². The summed E-state index contributed by atoms with van der Waals surface area (Å²) in [7, 11) is 0. The average molecular weight is 242 g/mol. The van der Waals surface area contributed by atoms with Crippen LogP contribution in [0.1, 0.15) is 18.4 Å². The summed E-state index contributed by atoms with van der Waals surface area (Å²) in [6.45, 7) is 0.00238. The molecule has 0 atom stereocenters. The Hall–Kier alpha value is -2.28. The number of amides is 1. The molecule has 0 spiro atoms. The Bertz CT molecular complexity index is 478. The van der Waals surface area contributed by atoms with E-state index in [0.29, 0.717) is 11.3 Å². The molecule has 1 aromatic rings. The van der Waals surface area contributed by atoms with Crippen molar-refractivity contribution in [3.63, 3.8) is 0 Å². The molecule has 1 amide bonds. The molecule has 0 heterocycles. The molecule has 18 heavy (non-hydrogen) atoms. The van der Waals surface area contributed by atoms with Crippen LogP contribution in [0.15, 0.2) is 36.4 Å². The van der Waals surface area contributed by atoms with Crippen molar-refractivity contribution in [2.75, 3.05) is 6.61 Å². The van der Waals surface area contributed by atoms with Crippen LogP contribution in [0.4, 0.5) is 0 Å². The van der Waals surface area contributed by atoms with E-state index in [4.69, 9.17) is 10.00 Å². The summed E-state index contributed by atoms with van der Waals surface area (Å²) in [6.07, 6.45) is 5.91. The van der Waals surface area contributed by atoms with Crippen LogP contribution in [0.5, 0.6) is 5.75 Å². The third kappa shape index (κ3) is 3.36. The number of nitrogens with zero attached hydrogens (tertiary/aromatic N) is 1. The minimum absolute atomic E-state index is 0.00238. The second kappa shape index (κ2) is 5.87. The summed E-state index contributed by atoms with van der Waals surface area (Å²) >= 11 is 0. The van der Waals surface area contributed by atoms with Crippen LogP contribution in [-0.2, 0) is 4.79 Å². The van der Waals surface area contributed by atoms with Gasteiger partial charge in [-0.3, -0.25) is 4.79 Å². The van der Waals surface area contributed by atoms with Crippen LogP contribution in [0, 0.1) is 11.3 Å². The number of nitriles is 1. The highest BCUT2D eigenvalue weighted by molar-refractivity contribution is 5.77. The Morgan fingerprint density at radius 3 is 2.61 bits per heavy atom. The van der Waals surface area contributed by atoms with Gasteiger partial charge in [-0.2, -0.15) is 5.26 Å². The molecule has 1 N–H and O–H groups in total. The van der Waals surface area contributed by atoms with E-state index in [-0.39, 0.29) is 18.6 Å². The van der Waals surface area contributed by atoms with E-state index in [9.17, 15) is 4.79 Å². The molecule has 0 aromatic heterocycles. The first-order valence-electron chi connectivity index (χ1n) is 5.85. The van der Waals surface area contributed by atoms with Crippen molar-refractivity contribution >= 4 is 5.91 Å². The molecule has 1 aromatic carbocycles.